The SMILES string of the molecule is CCc1c(C)nc2sc(C(=O)OC(C)(C)C)c(-c3cccc(Cl)c3)c2c1C. The van der Waals surface area contributed by atoms with Crippen LogP contribution in [0.2, 0.25) is 5.02 Å². The van der Waals surface area contributed by atoms with Gasteiger partial charge >= 0.3 is 5.97 Å². The highest BCUT2D eigenvalue weighted by atomic mass is 35.5. The molecule has 0 fully saturated rings. The zero-order chi connectivity index (χ0) is 19.9. The average molecular weight is 402 g/mol. The van der Waals surface area contributed by atoms with Crippen molar-refractivity contribution in [1.82, 2.24) is 4.98 Å². The first kappa shape index (κ1) is 19.8. The first-order valence-electron chi connectivity index (χ1n) is 9.04. The van der Waals surface area contributed by atoms with Crippen molar-refractivity contribution in [3.63, 3.8) is 0 Å². The Morgan fingerprint density at radius 2 is 1.96 bits per heavy atom. The minimum atomic E-state index is -0.564. The molecule has 0 saturated heterocycles. The van der Waals surface area contributed by atoms with Crippen molar-refractivity contribution in [2.24, 2.45) is 0 Å². The Morgan fingerprint density at radius 1 is 1.26 bits per heavy atom. The number of carbonyl (C=O) groups is 1. The summed E-state index contributed by atoms with van der Waals surface area (Å²) >= 11 is 7.64. The van der Waals surface area contributed by atoms with Gasteiger partial charge in [-0.25, -0.2) is 9.78 Å². The lowest BCUT2D eigenvalue weighted by atomic mass is 9.96. The van der Waals surface area contributed by atoms with Crippen LogP contribution in [0.4, 0.5) is 0 Å². The molecule has 0 radical (unpaired) electrons. The fourth-order valence-corrected chi connectivity index (χ4v) is 4.77. The standard InChI is InChI=1S/C22H24ClNO2S/c1-7-16-12(2)17-18(14-9-8-10-15(23)11-14)19(21(25)26-22(4,5)6)27-20(17)24-13(16)3/h8-11H,7H2,1-6H3. The van der Waals surface area contributed by atoms with Gasteiger partial charge in [0, 0.05) is 21.7 Å². The normalized spacial score (nSPS) is 11.8. The Balaban J connectivity index is 2.36. The highest BCUT2D eigenvalue weighted by molar-refractivity contribution is 7.21. The van der Waals surface area contributed by atoms with E-state index in [9.17, 15) is 4.79 Å². The smallest absolute Gasteiger partial charge is 0.349 e. The Bertz CT molecular complexity index is 1030. The van der Waals surface area contributed by atoms with Gasteiger partial charge in [0.25, 0.3) is 0 Å². The zero-order valence-corrected chi connectivity index (χ0v) is 18.1. The predicted octanol–water partition coefficient (Wildman–Crippen LogP) is 6.75. The van der Waals surface area contributed by atoms with E-state index >= 15 is 0 Å². The number of pyridine rings is 1. The van der Waals surface area contributed by atoms with E-state index in [1.54, 1.807) is 0 Å². The maximum atomic E-state index is 13.0. The first-order valence-corrected chi connectivity index (χ1v) is 10.2. The van der Waals surface area contributed by atoms with Crippen LogP contribution < -0.4 is 0 Å². The molecule has 0 N–H and O–H groups in total. The summed E-state index contributed by atoms with van der Waals surface area (Å²) in [7, 11) is 0. The molecule has 27 heavy (non-hydrogen) atoms. The molecule has 0 bridgehead atoms. The van der Waals surface area contributed by atoms with Crippen molar-refractivity contribution in [3.8, 4) is 11.1 Å². The van der Waals surface area contributed by atoms with Crippen molar-refractivity contribution in [2.75, 3.05) is 0 Å². The van der Waals surface area contributed by atoms with Gasteiger partial charge in [-0.05, 0) is 69.9 Å². The molecule has 3 nitrogen and oxygen atoms in total. The molecule has 0 aliphatic heterocycles. The number of hydrogen-bond acceptors (Lipinski definition) is 4. The third-order valence-electron chi connectivity index (χ3n) is 4.47. The van der Waals surface area contributed by atoms with E-state index in [0.29, 0.717) is 9.90 Å². The molecule has 142 valence electrons. The van der Waals surface area contributed by atoms with Crippen molar-refractivity contribution in [1.29, 1.82) is 0 Å². The van der Waals surface area contributed by atoms with E-state index < -0.39 is 5.60 Å². The summed E-state index contributed by atoms with van der Waals surface area (Å²) in [5.41, 5.74) is 4.61. The highest BCUT2D eigenvalue weighted by Crippen LogP contribution is 2.42. The van der Waals surface area contributed by atoms with E-state index in [2.05, 4.69) is 13.8 Å². The van der Waals surface area contributed by atoms with Crippen LogP contribution in [0.15, 0.2) is 24.3 Å². The molecule has 0 atom stereocenters. The molecular formula is C22H24ClNO2S. The number of esters is 1. The number of fused-ring (bicyclic) bond motifs is 1. The van der Waals surface area contributed by atoms with Crippen LogP contribution in [0.1, 0.15) is 54.2 Å². The lowest BCUT2D eigenvalue weighted by molar-refractivity contribution is 0.00761. The number of aryl methyl sites for hydroxylation is 2. The molecule has 0 unspecified atom stereocenters. The van der Waals surface area contributed by atoms with Gasteiger partial charge in [0.15, 0.2) is 0 Å². The summed E-state index contributed by atoms with van der Waals surface area (Å²) in [5.74, 6) is -0.324. The largest absolute Gasteiger partial charge is 0.456 e. The van der Waals surface area contributed by atoms with Gasteiger partial charge in [-0.1, -0.05) is 30.7 Å². The van der Waals surface area contributed by atoms with Gasteiger partial charge in [-0.2, -0.15) is 0 Å². The molecule has 0 aliphatic rings. The molecule has 0 saturated carbocycles. The molecule has 5 heteroatoms. The van der Waals surface area contributed by atoms with Crippen LogP contribution in [0, 0.1) is 13.8 Å². The second kappa shape index (κ2) is 7.25. The number of halogens is 1. The van der Waals surface area contributed by atoms with E-state index in [1.165, 1.54) is 22.5 Å². The molecule has 1 aromatic carbocycles. The number of thiophene rings is 1. The molecule has 3 aromatic rings. The van der Waals surface area contributed by atoms with E-state index in [1.807, 2.05) is 52.0 Å². The van der Waals surface area contributed by atoms with Gasteiger partial charge in [-0.3, -0.25) is 0 Å². The summed E-state index contributed by atoms with van der Waals surface area (Å²) in [4.78, 5) is 19.2. The third-order valence-corrected chi connectivity index (χ3v) is 5.77. The summed E-state index contributed by atoms with van der Waals surface area (Å²) in [6.45, 7) is 11.9. The fraction of sp³-hybridized carbons (Fsp3) is 0.364. The number of rotatable bonds is 3. The van der Waals surface area contributed by atoms with Gasteiger partial charge in [0.1, 0.15) is 15.3 Å². The lowest BCUT2D eigenvalue weighted by Gasteiger charge is -2.19. The van der Waals surface area contributed by atoms with Crippen molar-refractivity contribution in [3.05, 3.63) is 51.0 Å². The molecule has 0 spiro atoms. The van der Waals surface area contributed by atoms with Crippen molar-refractivity contribution < 1.29 is 9.53 Å². The van der Waals surface area contributed by atoms with E-state index in [-0.39, 0.29) is 5.97 Å². The van der Waals surface area contributed by atoms with Crippen molar-refractivity contribution >= 4 is 39.1 Å². The quantitative estimate of drug-likeness (QED) is 0.455. The Morgan fingerprint density at radius 3 is 2.56 bits per heavy atom. The predicted molar refractivity (Wildman–Crippen MR) is 114 cm³/mol. The molecule has 3 rings (SSSR count). The summed E-state index contributed by atoms with van der Waals surface area (Å²) in [6.07, 6.45) is 0.896. The van der Waals surface area contributed by atoms with E-state index in [0.717, 1.165) is 33.5 Å². The van der Waals surface area contributed by atoms with Crippen LogP contribution >= 0.6 is 22.9 Å². The van der Waals surface area contributed by atoms with Gasteiger partial charge < -0.3 is 4.74 Å². The van der Waals surface area contributed by atoms with Gasteiger partial charge in [0.05, 0.1) is 0 Å². The van der Waals surface area contributed by atoms with Crippen LogP contribution in [0.3, 0.4) is 0 Å². The minimum absolute atomic E-state index is 0.324. The second-order valence-electron chi connectivity index (χ2n) is 7.65. The molecule has 0 amide bonds. The zero-order valence-electron chi connectivity index (χ0n) is 16.6. The molecule has 0 aliphatic carbocycles. The minimum Gasteiger partial charge on any atom is -0.456 e. The molecule has 2 aromatic heterocycles. The maximum absolute atomic E-state index is 13.0. The Kier molecular flexibility index (Phi) is 5.33. The number of hydrogen-bond donors (Lipinski definition) is 0. The second-order valence-corrected chi connectivity index (χ2v) is 9.09. The van der Waals surface area contributed by atoms with Crippen LogP contribution in [0.5, 0.6) is 0 Å². The van der Waals surface area contributed by atoms with Crippen molar-refractivity contribution in [2.45, 2.75) is 53.6 Å². The number of benzene rings is 1. The van der Waals surface area contributed by atoms with Crippen LogP contribution in [0.25, 0.3) is 21.3 Å². The first-order chi connectivity index (χ1) is 12.6. The molecule has 2 heterocycles. The Hall–Kier alpha value is -1.91. The molecular weight excluding hydrogens is 378 g/mol. The van der Waals surface area contributed by atoms with Crippen LogP contribution in [-0.4, -0.2) is 16.6 Å². The topological polar surface area (TPSA) is 39.2 Å². The summed E-state index contributed by atoms with van der Waals surface area (Å²) in [5, 5.41) is 1.65. The monoisotopic (exact) mass is 401 g/mol. The van der Waals surface area contributed by atoms with E-state index in [4.69, 9.17) is 21.3 Å². The summed E-state index contributed by atoms with van der Waals surface area (Å²) < 4.78 is 5.68. The van der Waals surface area contributed by atoms with Gasteiger partial charge in [0.2, 0.25) is 0 Å². The van der Waals surface area contributed by atoms with Crippen LogP contribution in [-0.2, 0) is 11.2 Å². The average Bonchev–Trinajstić information content (AvgIpc) is 2.93. The highest BCUT2D eigenvalue weighted by Gasteiger charge is 2.27. The fourth-order valence-electron chi connectivity index (χ4n) is 3.40. The maximum Gasteiger partial charge on any atom is 0.349 e. The summed E-state index contributed by atoms with van der Waals surface area (Å²) in [6, 6.07) is 7.60. The Labute approximate surface area is 169 Å². The number of ether oxygens (including phenoxy) is 1. The number of aromatic nitrogens is 1. The van der Waals surface area contributed by atoms with Gasteiger partial charge in [-0.15, -0.1) is 11.3 Å². The lowest BCUT2D eigenvalue weighted by Crippen LogP contribution is -2.23. The number of nitrogens with zero attached hydrogens (tertiary/aromatic N) is 1. The third kappa shape index (κ3) is 3.87. The number of carbonyl (C=O) groups excluding carboxylic acids is 1.